The quantitative estimate of drug-likeness (QED) is 0.746. The molecule has 1 aromatic carbocycles. The van der Waals surface area contributed by atoms with Crippen molar-refractivity contribution < 1.29 is 0 Å². The van der Waals surface area contributed by atoms with Gasteiger partial charge in [-0.1, -0.05) is 31.0 Å². The minimum Gasteiger partial charge on any atom is -0.398 e. The Kier molecular flexibility index (Phi) is 2.91. The van der Waals surface area contributed by atoms with Gasteiger partial charge in [-0.15, -0.1) is 0 Å². The molecule has 15 heavy (non-hydrogen) atoms. The summed E-state index contributed by atoms with van der Waals surface area (Å²) < 4.78 is 0. The summed E-state index contributed by atoms with van der Waals surface area (Å²) >= 11 is 0. The van der Waals surface area contributed by atoms with Gasteiger partial charge in [0.25, 0.3) is 0 Å². The number of hydrogen-bond donors (Lipinski definition) is 1. The molecular formula is C13H16N2. The maximum Gasteiger partial charge on any atom is 0.0760 e. The largest absolute Gasteiger partial charge is 0.398 e. The second kappa shape index (κ2) is 4.35. The van der Waals surface area contributed by atoms with Crippen LogP contribution < -0.4 is 5.73 Å². The zero-order chi connectivity index (χ0) is 10.7. The van der Waals surface area contributed by atoms with E-state index in [1.54, 1.807) is 0 Å². The van der Waals surface area contributed by atoms with Gasteiger partial charge < -0.3 is 5.73 Å². The normalized spacial score (nSPS) is 18.6. The molecule has 2 rings (SSSR count). The number of anilines is 1. The molecule has 2 nitrogen and oxygen atoms in total. The van der Waals surface area contributed by atoms with Crippen molar-refractivity contribution in [2.45, 2.75) is 31.6 Å². The molecule has 0 amide bonds. The summed E-state index contributed by atoms with van der Waals surface area (Å²) in [6.45, 7) is 0. The van der Waals surface area contributed by atoms with Crippen LogP contribution in [0.1, 0.15) is 37.2 Å². The average Bonchev–Trinajstić information content (AvgIpc) is 2.75. The maximum atomic E-state index is 9.26. The molecule has 1 atom stereocenters. The van der Waals surface area contributed by atoms with Crippen LogP contribution in [0.3, 0.4) is 0 Å². The van der Waals surface area contributed by atoms with Crippen LogP contribution in [0.25, 0.3) is 0 Å². The summed E-state index contributed by atoms with van der Waals surface area (Å²) in [5.74, 6) is 0.508. The Hall–Kier alpha value is -1.49. The molecule has 1 aromatic rings. The summed E-state index contributed by atoms with van der Waals surface area (Å²) in [4.78, 5) is 0. The second-order valence-electron chi connectivity index (χ2n) is 4.28. The molecule has 1 saturated carbocycles. The van der Waals surface area contributed by atoms with Crippen molar-refractivity contribution in [3.05, 3.63) is 29.8 Å². The van der Waals surface area contributed by atoms with Crippen LogP contribution in [0.2, 0.25) is 0 Å². The van der Waals surface area contributed by atoms with Crippen LogP contribution in [0, 0.1) is 17.2 Å². The third kappa shape index (κ3) is 1.97. The number of hydrogen-bond acceptors (Lipinski definition) is 2. The highest BCUT2D eigenvalue weighted by molar-refractivity contribution is 5.50. The summed E-state index contributed by atoms with van der Waals surface area (Å²) in [6.07, 6.45) is 4.87. The van der Waals surface area contributed by atoms with E-state index < -0.39 is 0 Å². The van der Waals surface area contributed by atoms with E-state index in [2.05, 4.69) is 6.07 Å². The molecule has 0 aromatic heterocycles. The molecule has 78 valence electrons. The molecule has 2 N–H and O–H groups in total. The Labute approximate surface area is 90.7 Å². The van der Waals surface area contributed by atoms with Crippen LogP contribution in [0.4, 0.5) is 5.69 Å². The van der Waals surface area contributed by atoms with E-state index in [0.717, 1.165) is 11.3 Å². The van der Waals surface area contributed by atoms with Crippen molar-refractivity contribution in [3.63, 3.8) is 0 Å². The Morgan fingerprint density at radius 3 is 2.53 bits per heavy atom. The van der Waals surface area contributed by atoms with Crippen molar-refractivity contribution in [2.75, 3.05) is 5.73 Å². The smallest absolute Gasteiger partial charge is 0.0760 e. The predicted molar refractivity (Wildman–Crippen MR) is 61.2 cm³/mol. The van der Waals surface area contributed by atoms with E-state index in [-0.39, 0.29) is 5.92 Å². The fraction of sp³-hybridized carbons (Fsp3) is 0.462. The third-order valence-electron chi connectivity index (χ3n) is 3.34. The fourth-order valence-electron chi connectivity index (χ4n) is 2.51. The molecular weight excluding hydrogens is 184 g/mol. The first-order valence-electron chi connectivity index (χ1n) is 5.57. The molecule has 0 radical (unpaired) electrons. The van der Waals surface area contributed by atoms with Gasteiger partial charge >= 0.3 is 0 Å². The molecule has 2 heteroatoms. The van der Waals surface area contributed by atoms with Crippen LogP contribution in [-0.2, 0) is 0 Å². The summed E-state index contributed by atoms with van der Waals surface area (Å²) in [6, 6.07) is 10.2. The Morgan fingerprint density at radius 1 is 1.27 bits per heavy atom. The van der Waals surface area contributed by atoms with E-state index in [1.165, 1.54) is 25.7 Å². The monoisotopic (exact) mass is 200 g/mol. The minimum atomic E-state index is -0.00583. The first-order valence-corrected chi connectivity index (χ1v) is 5.57. The minimum absolute atomic E-state index is 0.00583. The number of nitrogen functional groups attached to an aromatic ring is 1. The average molecular weight is 200 g/mol. The van der Waals surface area contributed by atoms with Crippen molar-refractivity contribution in [2.24, 2.45) is 5.92 Å². The Morgan fingerprint density at radius 2 is 1.93 bits per heavy atom. The SMILES string of the molecule is N#CC(c1ccccc1N)C1CCCC1. The zero-order valence-electron chi connectivity index (χ0n) is 8.82. The van der Waals surface area contributed by atoms with E-state index >= 15 is 0 Å². The van der Waals surface area contributed by atoms with Gasteiger partial charge in [-0.25, -0.2) is 0 Å². The zero-order valence-corrected chi connectivity index (χ0v) is 8.82. The van der Waals surface area contributed by atoms with E-state index in [4.69, 9.17) is 5.73 Å². The highest BCUT2D eigenvalue weighted by Crippen LogP contribution is 2.38. The summed E-state index contributed by atoms with van der Waals surface area (Å²) in [5.41, 5.74) is 7.69. The molecule has 0 spiro atoms. The topological polar surface area (TPSA) is 49.8 Å². The summed E-state index contributed by atoms with van der Waals surface area (Å²) in [7, 11) is 0. The van der Waals surface area contributed by atoms with E-state index in [0.29, 0.717) is 5.92 Å². The number of rotatable bonds is 2. The van der Waals surface area contributed by atoms with Crippen LogP contribution in [0.5, 0.6) is 0 Å². The Bertz CT molecular complexity index is 372. The number of benzene rings is 1. The van der Waals surface area contributed by atoms with Gasteiger partial charge in [-0.2, -0.15) is 5.26 Å². The van der Waals surface area contributed by atoms with Gasteiger partial charge in [0.15, 0.2) is 0 Å². The third-order valence-corrected chi connectivity index (χ3v) is 3.34. The van der Waals surface area contributed by atoms with Crippen LogP contribution in [-0.4, -0.2) is 0 Å². The number of nitriles is 1. The lowest BCUT2D eigenvalue weighted by atomic mass is 9.85. The highest BCUT2D eigenvalue weighted by atomic mass is 14.6. The van der Waals surface area contributed by atoms with Crippen LogP contribution >= 0.6 is 0 Å². The fourth-order valence-corrected chi connectivity index (χ4v) is 2.51. The van der Waals surface area contributed by atoms with E-state index in [1.807, 2.05) is 24.3 Å². The highest BCUT2D eigenvalue weighted by Gasteiger charge is 2.27. The van der Waals surface area contributed by atoms with Gasteiger partial charge in [0.1, 0.15) is 0 Å². The molecule has 0 saturated heterocycles. The molecule has 1 fully saturated rings. The second-order valence-corrected chi connectivity index (χ2v) is 4.28. The molecule has 0 bridgehead atoms. The first-order chi connectivity index (χ1) is 7.33. The van der Waals surface area contributed by atoms with Crippen LogP contribution in [0.15, 0.2) is 24.3 Å². The van der Waals surface area contributed by atoms with Crippen molar-refractivity contribution in [1.29, 1.82) is 5.26 Å². The predicted octanol–water partition coefficient (Wildman–Crippen LogP) is 3.07. The lowest BCUT2D eigenvalue weighted by Gasteiger charge is -2.18. The number of nitrogens with two attached hydrogens (primary N) is 1. The van der Waals surface area contributed by atoms with Crippen molar-refractivity contribution >= 4 is 5.69 Å². The van der Waals surface area contributed by atoms with Crippen molar-refractivity contribution in [3.8, 4) is 6.07 Å². The number of nitrogens with zero attached hydrogens (tertiary/aromatic N) is 1. The Balaban J connectivity index is 2.27. The lowest BCUT2D eigenvalue weighted by molar-refractivity contribution is 0.502. The van der Waals surface area contributed by atoms with Crippen molar-refractivity contribution in [1.82, 2.24) is 0 Å². The first kappa shape index (κ1) is 10.0. The van der Waals surface area contributed by atoms with Gasteiger partial charge in [0, 0.05) is 5.69 Å². The lowest BCUT2D eigenvalue weighted by Crippen LogP contribution is -2.09. The number of para-hydroxylation sites is 1. The maximum absolute atomic E-state index is 9.26. The molecule has 0 aliphatic heterocycles. The van der Waals surface area contributed by atoms with E-state index in [9.17, 15) is 5.26 Å². The molecule has 0 heterocycles. The van der Waals surface area contributed by atoms with Gasteiger partial charge in [-0.3, -0.25) is 0 Å². The standard InChI is InChI=1S/C13H16N2/c14-9-12(10-5-1-2-6-10)11-7-3-4-8-13(11)15/h3-4,7-8,10,12H,1-2,5-6,15H2. The molecule has 1 unspecified atom stereocenters. The van der Waals surface area contributed by atoms with Gasteiger partial charge in [0.05, 0.1) is 12.0 Å². The van der Waals surface area contributed by atoms with Gasteiger partial charge in [-0.05, 0) is 30.4 Å². The molecule has 1 aliphatic carbocycles. The van der Waals surface area contributed by atoms with Gasteiger partial charge in [0.2, 0.25) is 0 Å². The summed E-state index contributed by atoms with van der Waals surface area (Å²) in [5, 5.41) is 9.26. The molecule has 1 aliphatic rings.